The van der Waals surface area contributed by atoms with E-state index in [0.29, 0.717) is 31.8 Å². The number of nitrogens with zero attached hydrogens (tertiary/aromatic N) is 2. The molecule has 1 aromatic rings. The number of rotatable bonds is 8. The van der Waals surface area contributed by atoms with E-state index in [-0.39, 0.29) is 29.1 Å². The van der Waals surface area contributed by atoms with Crippen molar-refractivity contribution in [2.75, 3.05) is 13.1 Å². The molecule has 5 nitrogen and oxygen atoms in total. The Morgan fingerprint density at radius 1 is 1.15 bits per heavy atom. The number of likely N-dealkylation sites (tertiary alicyclic amines) is 1. The van der Waals surface area contributed by atoms with Crippen LogP contribution < -0.4 is 5.56 Å². The molecule has 2 aliphatic rings. The highest BCUT2D eigenvalue weighted by molar-refractivity contribution is 5.81. The van der Waals surface area contributed by atoms with Crippen LogP contribution in [0.5, 0.6) is 0 Å². The van der Waals surface area contributed by atoms with Gasteiger partial charge in [0.05, 0.1) is 0 Å². The van der Waals surface area contributed by atoms with Crippen molar-refractivity contribution in [2.45, 2.75) is 71.3 Å². The van der Waals surface area contributed by atoms with Crippen molar-refractivity contribution in [3.8, 4) is 0 Å². The molecule has 1 saturated heterocycles. The summed E-state index contributed by atoms with van der Waals surface area (Å²) in [6, 6.07) is 5.49. The van der Waals surface area contributed by atoms with Crippen LogP contribution in [0.25, 0.3) is 0 Å². The van der Waals surface area contributed by atoms with Crippen LogP contribution in [0.15, 0.2) is 23.0 Å². The van der Waals surface area contributed by atoms with Gasteiger partial charge in [0.25, 0.3) is 5.56 Å². The monoisotopic (exact) mass is 372 g/mol. The molecule has 1 aromatic heterocycles. The first-order valence-corrected chi connectivity index (χ1v) is 10.5. The van der Waals surface area contributed by atoms with E-state index >= 15 is 0 Å². The molecule has 0 aromatic carbocycles. The first kappa shape index (κ1) is 19.8. The normalized spacial score (nSPS) is 22.2. The van der Waals surface area contributed by atoms with Crippen LogP contribution >= 0.6 is 0 Å². The van der Waals surface area contributed by atoms with Gasteiger partial charge in [0, 0.05) is 49.7 Å². The predicted molar refractivity (Wildman–Crippen MR) is 106 cm³/mol. The molecule has 27 heavy (non-hydrogen) atoms. The molecule has 3 atom stereocenters. The summed E-state index contributed by atoms with van der Waals surface area (Å²) in [5.74, 6) is 0.932. The van der Waals surface area contributed by atoms with E-state index in [1.54, 1.807) is 13.0 Å². The van der Waals surface area contributed by atoms with Gasteiger partial charge in [-0.2, -0.15) is 0 Å². The number of ketones is 1. The Morgan fingerprint density at radius 2 is 1.96 bits per heavy atom. The minimum atomic E-state index is -0.0442. The van der Waals surface area contributed by atoms with Crippen LogP contribution in [0.2, 0.25) is 0 Å². The predicted octanol–water partition coefficient (Wildman–Crippen LogP) is 3.36. The Kier molecular flexibility index (Phi) is 6.51. The van der Waals surface area contributed by atoms with Gasteiger partial charge in [0.1, 0.15) is 5.78 Å². The fourth-order valence-corrected chi connectivity index (χ4v) is 4.74. The van der Waals surface area contributed by atoms with Crippen LogP contribution in [0.3, 0.4) is 0 Å². The SMILES string of the molecule is CCCCC[C@@H](CCC(C)=O)C(=O)N1C[C@@H]2C[C@H](C1)c1cccc(=O)n1C2. The van der Waals surface area contributed by atoms with Gasteiger partial charge in [0.15, 0.2) is 0 Å². The summed E-state index contributed by atoms with van der Waals surface area (Å²) in [5.41, 5.74) is 1.14. The average molecular weight is 373 g/mol. The van der Waals surface area contributed by atoms with E-state index < -0.39 is 0 Å². The zero-order valence-electron chi connectivity index (χ0n) is 16.7. The summed E-state index contributed by atoms with van der Waals surface area (Å²) in [4.78, 5) is 38.9. The minimum Gasteiger partial charge on any atom is -0.341 e. The lowest BCUT2D eigenvalue weighted by molar-refractivity contribution is -0.139. The standard InChI is InChI=1S/C22H32N2O3/c1-3-4-5-7-18(11-10-16(2)25)22(27)23-13-17-12-19(15-23)20-8-6-9-21(26)24(20)14-17/h6,8-9,17-19H,3-5,7,10-15H2,1-2H3/t17-,18-,19+/m0/s1. The van der Waals surface area contributed by atoms with Crippen LogP contribution in [0.1, 0.15) is 70.4 Å². The maximum Gasteiger partial charge on any atom is 0.250 e. The average Bonchev–Trinajstić information content (AvgIpc) is 2.64. The number of piperidine rings is 1. The summed E-state index contributed by atoms with van der Waals surface area (Å²) in [5, 5.41) is 0. The number of carbonyl (C=O) groups excluding carboxylic acids is 2. The molecule has 0 unspecified atom stereocenters. The molecular weight excluding hydrogens is 340 g/mol. The number of hydrogen-bond acceptors (Lipinski definition) is 3. The third-order valence-corrected chi connectivity index (χ3v) is 6.14. The molecule has 2 aliphatic heterocycles. The molecule has 0 radical (unpaired) electrons. The van der Waals surface area contributed by atoms with Crippen molar-refractivity contribution in [1.29, 1.82) is 0 Å². The molecule has 0 aliphatic carbocycles. The third kappa shape index (κ3) is 4.69. The van der Waals surface area contributed by atoms with Crippen molar-refractivity contribution in [3.05, 3.63) is 34.2 Å². The number of pyridine rings is 1. The molecule has 5 heteroatoms. The maximum absolute atomic E-state index is 13.3. The highest BCUT2D eigenvalue weighted by atomic mass is 16.2. The largest absolute Gasteiger partial charge is 0.341 e. The summed E-state index contributed by atoms with van der Waals surface area (Å²) in [7, 11) is 0. The Hall–Kier alpha value is -1.91. The minimum absolute atomic E-state index is 0.0442. The molecule has 148 valence electrons. The Bertz CT molecular complexity index is 739. The number of Topliss-reactive ketones (excluding diaryl/α,β-unsaturated/α-hetero) is 1. The quantitative estimate of drug-likeness (QED) is 0.658. The molecule has 3 heterocycles. The fraction of sp³-hybridized carbons (Fsp3) is 0.682. The number of fused-ring (bicyclic) bond motifs is 4. The molecular formula is C22H32N2O3. The lowest BCUT2D eigenvalue weighted by atomic mass is 9.82. The van der Waals surface area contributed by atoms with Gasteiger partial charge in [-0.05, 0) is 38.2 Å². The van der Waals surface area contributed by atoms with Crippen LogP contribution in [-0.4, -0.2) is 34.2 Å². The molecule has 2 bridgehead atoms. The Labute approximate surface area is 161 Å². The van der Waals surface area contributed by atoms with Gasteiger partial charge >= 0.3 is 0 Å². The van der Waals surface area contributed by atoms with E-state index in [2.05, 4.69) is 6.92 Å². The molecule has 1 amide bonds. The Balaban J connectivity index is 1.72. The lowest BCUT2D eigenvalue weighted by Gasteiger charge is -2.43. The topological polar surface area (TPSA) is 59.4 Å². The van der Waals surface area contributed by atoms with Crippen molar-refractivity contribution >= 4 is 11.7 Å². The zero-order chi connectivity index (χ0) is 19.4. The molecule has 1 fully saturated rings. The highest BCUT2D eigenvalue weighted by Gasteiger charge is 2.37. The van der Waals surface area contributed by atoms with E-state index in [0.717, 1.165) is 44.3 Å². The smallest absolute Gasteiger partial charge is 0.250 e. The summed E-state index contributed by atoms with van der Waals surface area (Å²) in [6.45, 7) is 5.91. The third-order valence-electron chi connectivity index (χ3n) is 6.14. The molecule has 3 rings (SSSR count). The van der Waals surface area contributed by atoms with E-state index in [1.165, 1.54) is 0 Å². The van der Waals surface area contributed by atoms with E-state index in [1.807, 2.05) is 21.6 Å². The second-order valence-corrected chi connectivity index (χ2v) is 8.37. The van der Waals surface area contributed by atoms with Gasteiger partial charge in [0.2, 0.25) is 5.91 Å². The van der Waals surface area contributed by atoms with Gasteiger partial charge in [-0.25, -0.2) is 0 Å². The first-order valence-electron chi connectivity index (χ1n) is 10.5. The maximum atomic E-state index is 13.3. The zero-order valence-corrected chi connectivity index (χ0v) is 16.7. The van der Waals surface area contributed by atoms with Gasteiger partial charge in [-0.3, -0.25) is 9.59 Å². The summed E-state index contributed by atoms with van der Waals surface area (Å²) < 4.78 is 1.90. The van der Waals surface area contributed by atoms with E-state index in [4.69, 9.17) is 0 Å². The van der Waals surface area contributed by atoms with Gasteiger partial charge in [-0.15, -0.1) is 0 Å². The number of unbranched alkanes of at least 4 members (excludes halogenated alkanes) is 2. The first-order chi connectivity index (χ1) is 13.0. The summed E-state index contributed by atoms with van der Waals surface area (Å²) in [6.07, 6.45) is 6.40. The number of carbonyl (C=O) groups is 2. The summed E-state index contributed by atoms with van der Waals surface area (Å²) >= 11 is 0. The second kappa shape index (κ2) is 8.85. The molecule has 0 spiro atoms. The molecule has 0 saturated carbocycles. The van der Waals surface area contributed by atoms with Gasteiger partial charge in [-0.1, -0.05) is 32.3 Å². The lowest BCUT2D eigenvalue weighted by Crippen LogP contribution is -2.50. The van der Waals surface area contributed by atoms with Crippen LogP contribution in [0.4, 0.5) is 0 Å². The number of amides is 1. The van der Waals surface area contributed by atoms with E-state index in [9.17, 15) is 14.4 Å². The van der Waals surface area contributed by atoms with Crippen molar-refractivity contribution in [2.24, 2.45) is 11.8 Å². The van der Waals surface area contributed by atoms with Crippen molar-refractivity contribution in [3.63, 3.8) is 0 Å². The Morgan fingerprint density at radius 3 is 2.70 bits per heavy atom. The highest BCUT2D eigenvalue weighted by Crippen LogP contribution is 2.36. The second-order valence-electron chi connectivity index (χ2n) is 8.37. The molecule has 0 N–H and O–H groups in total. The number of aromatic nitrogens is 1. The van der Waals surface area contributed by atoms with Crippen LogP contribution in [0, 0.1) is 11.8 Å². The van der Waals surface area contributed by atoms with Crippen molar-refractivity contribution in [1.82, 2.24) is 9.47 Å². The van der Waals surface area contributed by atoms with Gasteiger partial charge < -0.3 is 14.3 Å². The van der Waals surface area contributed by atoms with Crippen molar-refractivity contribution < 1.29 is 9.59 Å². The number of hydrogen-bond donors (Lipinski definition) is 0. The van der Waals surface area contributed by atoms with Crippen LogP contribution in [-0.2, 0) is 16.1 Å². The fourth-order valence-electron chi connectivity index (χ4n) is 4.74.